The van der Waals surface area contributed by atoms with Gasteiger partial charge in [-0.05, 0) is 24.5 Å². The lowest BCUT2D eigenvalue weighted by Gasteiger charge is -2.10. The van der Waals surface area contributed by atoms with Crippen molar-refractivity contribution >= 4 is 17.6 Å². The topological polar surface area (TPSA) is 62.8 Å². The van der Waals surface area contributed by atoms with E-state index in [1.165, 1.54) is 25.7 Å². The van der Waals surface area contributed by atoms with Crippen LogP contribution in [-0.2, 0) is 5.75 Å². The monoisotopic (exact) mass is 235 g/mol. The van der Waals surface area contributed by atoms with Crippen LogP contribution in [-0.4, -0.2) is 16.1 Å². The van der Waals surface area contributed by atoms with E-state index in [0.29, 0.717) is 5.69 Å². The van der Waals surface area contributed by atoms with Gasteiger partial charge in [-0.2, -0.15) is 11.8 Å². The molecule has 0 atom stereocenters. The zero-order chi connectivity index (χ0) is 11.4. The number of nitrogens with zero attached hydrogens (tertiary/aromatic N) is 1. The number of rotatable bonds is 4. The van der Waals surface area contributed by atoms with E-state index in [4.69, 9.17) is 11.1 Å². The molecular formula is C12H17N3S. The van der Waals surface area contributed by atoms with Crippen molar-refractivity contribution in [3.8, 4) is 0 Å². The molecule has 0 bridgehead atoms. The molecule has 0 radical (unpaired) electrons. The molecule has 1 saturated carbocycles. The van der Waals surface area contributed by atoms with E-state index in [2.05, 4.69) is 4.98 Å². The third-order valence-corrected chi connectivity index (χ3v) is 4.34. The minimum Gasteiger partial charge on any atom is -0.382 e. The van der Waals surface area contributed by atoms with E-state index >= 15 is 0 Å². The second-order valence-corrected chi connectivity index (χ2v) is 5.43. The molecule has 0 aromatic carbocycles. The van der Waals surface area contributed by atoms with Crippen molar-refractivity contribution in [3.05, 3.63) is 29.6 Å². The van der Waals surface area contributed by atoms with Crippen LogP contribution >= 0.6 is 11.8 Å². The number of nitrogens with two attached hydrogens (primary N) is 1. The molecule has 0 amide bonds. The van der Waals surface area contributed by atoms with Crippen LogP contribution in [0.3, 0.4) is 0 Å². The molecule has 0 unspecified atom stereocenters. The summed E-state index contributed by atoms with van der Waals surface area (Å²) in [5.41, 5.74) is 7.25. The highest BCUT2D eigenvalue weighted by Crippen LogP contribution is 2.31. The van der Waals surface area contributed by atoms with E-state index in [1.807, 2.05) is 23.9 Å². The standard InChI is InChI=1S/C12H17N3S/c13-12(14)11-9(4-3-7-15-11)8-16-10-5-1-2-6-10/h3-4,7,10H,1-2,5-6,8H2,(H3,13,14). The highest BCUT2D eigenvalue weighted by Gasteiger charge is 2.16. The van der Waals surface area contributed by atoms with E-state index < -0.39 is 0 Å². The van der Waals surface area contributed by atoms with Gasteiger partial charge in [-0.1, -0.05) is 18.9 Å². The number of amidine groups is 1. The molecule has 2 rings (SSSR count). The SMILES string of the molecule is N=C(N)c1ncccc1CSC1CCCC1. The summed E-state index contributed by atoms with van der Waals surface area (Å²) in [4.78, 5) is 4.16. The Labute approximate surface area is 100 Å². The van der Waals surface area contributed by atoms with Gasteiger partial charge in [0, 0.05) is 17.2 Å². The second-order valence-electron chi connectivity index (χ2n) is 4.14. The molecule has 1 aliphatic carbocycles. The number of thioether (sulfide) groups is 1. The molecule has 1 fully saturated rings. The summed E-state index contributed by atoms with van der Waals surface area (Å²) >= 11 is 1.98. The first-order valence-electron chi connectivity index (χ1n) is 5.67. The number of hydrogen-bond donors (Lipinski definition) is 2. The Morgan fingerprint density at radius 3 is 2.94 bits per heavy atom. The maximum Gasteiger partial charge on any atom is 0.142 e. The maximum atomic E-state index is 7.47. The minimum atomic E-state index is 0.0719. The van der Waals surface area contributed by atoms with Gasteiger partial charge in [0.1, 0.15) is 11.5 Å². The van der Waals surface area contributed by atoms with Gasteiger partial charge in [0.15, 0.2) is 0 Å². The molecule has 3 N–H and O–H groups in total. The Hall–Kier alpha value is -1.03. The van der Waals surface area contributed by atoms with Crippen molar-refractivity contribution in [1.29, 1.82) is 5.41 Å². The van der Waals surface area contributed by atoms with Gasteiger partial charge in [0.2, 0.25) is 0 Å². The summed E-state index contributed by atoms with van der Waals surface area (Å²) < 4.78 is 0. The zero-order valence-electron chi connectivity index (χ0n) is 9.28. The fourth-order valence-corrected chi connectivity index (χ4v) is 3.38. The predicted molar refractivity (Wildman–Crippen MR) is 68.8 cm³/mol. The number of hydrogen-bond acceptors (Lipinski definition) is 3. The molecule has 0 aliphatic heterocycles. The van der Waals surface area contributed by atoms with Crippen molar-refractivity contribution < 1.29 is 0 Å². The number of aromatic nitrogens is 1. The van der Waals surface area contributed by atoms with Gasteiger partial charge >= 0.3 is 0 Å². The zero-order valence-corrected chi connectivity index (χ0v) is 10.1. The van der Waals surface area contributed by atoms with Crippen LogP contribution in [0.25, 0.3) is 0 Å². The lowest BCUT2D eigenvalue weighted by molar-refractivity contribution is 0.886. The molecule has 4 heteroatoms. The van der Waals surface area contributed by atoms with E-state index in [0.717, 1.165) is 16.6 Å². The molecule has 1 aromatic rings. The third-order valence-electron chi connectivity index (χ3n) is 2.92. The quantitative estimate of drug-likeness (QED) is 0.622. The highest BCUT2D eigenvalue weighted by atomic mass is 32.2. The molecule has 16 heavy (non-hydrogen) atoms. The van der Waals surface area contributed by atoms with Crippen LogP contribution in [0.15, 0.2) is 18.3 Å². The predicted octanol–water partition coefficient (Wildman–Crippen LogP) is 2.54. The van der Waals surface area contributed by atoms with Crippen molar-refractivity contribution in [2.24, 2.45) is 5.73 Å². The fraction of sp³-hybridized carbons (Fsp3) is 0.500. The van der Waals surface area contributed by atoms with E-state index in [1.54, 1.807) is 6.20 Å². The van der Waals surface area contributed by atoms with Gasteiger partial charge in [-0.15, -0.1) is 0 Å². The van der Waals surface area contributed by atoms with Gasteiger partial charge in [0.25, 0.3) is 0 Å². The van der Waals surface area contributed by atoms with Gasteiger partial charge in [-0.25, -0.2) is 0 Å². The average Bonchev–Trinajstić information content (AvgIpc) is 2.79. The minimum absolute atomic E-state index is 0.0719. The summed E-state index contributed by atoms with van der Waals surface area (Å²) in [5, 5.41) is 8.26. The molecule has 1 heterocycles. The number of nitrogen functional groups attached to an aromatic ring is 1. The summed E-state index contributed by atoms with van der Waals surface area (Å²) in [6.45, 7) is 0. The summed E-state index contributed by atoms with van der Waals surface area (Å²) in [6, 6.07) is 3.93. The fourth-order valence-electron chi connectivity index (χ4n) is 2.06. The summed E-state index contributed by atoms with van der Waals surface area (Å²) in [5.74, 6) is 0.996. The lowest BCUT2D eigenvalue weighted by atomic mass is 10.2. The normalized spacial score (nSPS) is 16.5. The Morgan fingerprint density at radius 2 is 2.25 bits per heavy atom. The van der Waals surface area contributed by atoms with Gasteiger partial charge in [0.05, 0.1) is 0 Å². The molecular weight excluding hydrogens is 218 g/mol. The molecule has 86 valence electrons. The summed E-state index contributed by atoms with van der Waals surface area (Å²) in [6.07, 6.45) is 7.09. The van der Waals surface area contributed by atoms with Crippen LogP contribution in [0.2, 0.25) is 0 Å². The highest BCUT2D eigenvalue weighted by molar-refractivity contribution is 7.99. The lowest BCUT2D eigenvalue weighted by Crippen LogP contribution is -2.15. The molecule has 3 nitrogen and oxygen atoms in total. The van der Waals surface area contributed by atoms with Crippen LogP contribution in [0, 0.1) is 5.41 Å². The van der Waals surface area contributed by atoms with Gasteiger partial charge in [-0.3, -0.25) is 10.4 Å². The maximum absolute atomic E-state index is 7.47. The first kappa shape index (κ1) is 11.5. The van der Waals surface area contributed by atoms with Gasteiger partial charge < -0.3 is 5.73 Å². The smallest absolute Gasteiger partial charge is 0.142 e. The van der Waals surface area contributed by atoms with Crippen LogP contribution in [0.1, 0.15) is 36.9 Å². The molecule has 0 saturated heterocycles. The van der Waals surface area contributed by atoms with Crippen LogP contribution in [0.4, 0.5) is 0 Å². The van der Waals surface area contributed by atoms with Crippen molar-refractivity contribution in [1.82, 2.24) is 4.98 Å². The van der Waals surface area contributed by atoms with Crippen molar-refractivity contribution in [2.45, 2.75) is 36.7 Å². The second kappa shape index (κ2) is 5.34. The van der Waals surface area contributed by atoms with E-state index in [-0.39, 0.29) is 5.84 Å². The van der Waals surface area contributed by atoms with Crippen molar-refractivity contribution in [3.63, 3.8) is 0 Å². The molecule has 1 aliphatic rings. The Balaban J connectivity index is 2.00. The molecule has 1 aromatic heterocycles. The van der Waals surface area contributed by atoms with Crippen molar-refractivity contribution in [2.75, 3.05) is 0 Å². The molecule has 0 spiro atoms. The average molecular weight is 235 g/mol. The Bertz CT molecular complexity index is 372. The van der Waals surface area contributed by atoms with Crippen LogP contribution in [0.5, 0.6) is 0 Å². The third kappa shape index (κ3) is 2.76. The Kier molecular flexibility index (Phi) is 3.83. The van der Waals surface area contributed by atoms with E-state index in [9.17, 15) is 0 Å². The first-order chi connectivity index (χ1) is 7.77. The summed E-state index contributed by atoms with van der Waals surface area (Å²) in [7, 11) is 0. The van der Waals surface area contributed by atoms with Crippen LogP contribution < -0.4 is 5.73 Å². The number of nitrogens with one attached hydrogen (secondary N) is 1. The largest absolute Gasteiger partial charge is 0.382 e. The first-order valence-corrected chi connectivity index (χ1v) is 6.72. The Morgan fingerprint density at radius 1 is 1.50 bits per heavy atom. The number of pyridine rings is 1.